The van der Waals surface area contributed by atoms with Crippen LogP contribution in [0.15, 0.2) is 0 Å². The van der Waals surface area contributed by atoms with Gasteiger partial charge in [0.05, 0.1) is 0 Å². The number of carbonyl (C=O) groups excluding carboxylic acids is 1. The van der Waals surface area contributed by atoms with Gasteiger partial charge in [0.2, 0.25) is 0 Å². The molecule has 0 heterocycles. The molecule has 100 valence electrons. The van der Waals surface area contributed by atoms with Crippen LogP contribution in [0.1, 0.15) is 26.7 Å². The first kappa shape index (κ1) is 15.9. The second-order valence-corrected chi connectivity index (χ2v) is 5.64. The van der Waals surface area contributed by atoms with E-state index < -0.39 is 28.8 Å². The lowest BCUT2D eigenvalue weighted by atomic mass is 10.2. The molecule has 3 atom stereocenters. The van der Waals surface area contributed by atoms with Gasteiger partial charge >= 0.3 is 12.0 Å². The Morgan fingerprint density at radius 1 is 1.41 bits per heavy atom. The van der Waals surface area contributed by atoms with Crippen LogP contribution in [0.5, 0.6) is 0 Å². The van der Waals surface area contributed by atoms with Crippen molar-refractivity contribution in [3.63, 3.8) is 0 Å². The fourth-order valence-corrected chi connectivity index (χ4v) is 1.43. The van der Waals surface area contributed by atoms with E-state index in [1.807, 2.05) is 6.92 Å². The average molecular weight is 264 g/mol. The molecular formula is C10H20N2O4S. The molecule has 0 saturated heterocycles. The van der Waals surface area contributed by atoms with E-state index in [0.717, 1.165) is 0 Å². The summed E-state index contributed by atoms with van der Waals surface area (Å²) in [5.74, 6) is -1.05. The van der Waals surface area contributed by atoms with Gasteiger partial charge in [0.15, 0.2) is 0 Å². The van der Waals surface area contributed by atoms with Gasteiger partial charge in [-0.05, 0) is 13.3 Å². The first-order chi connectivity index (χ1) is 7.88. The smallest absolute Gasteiger partial charge is 0.326 e. The molecule has 0 aromatic rings. The summed E-state index contributed by atoms with van der Waals surface area (Å²) in [5.41, 5.74) is 0. The molecule has 0 aromatic carbocycles. The Balaban J connectivity index is 4.06. The third kappa shape index (κ3) is 6.93. The monoisotopic (exact) mass is 264 g/mol. The van der Waals surface area contributed by atoms with Gasteiger partial charge < -0.3 is 15.7 Å². The molecule has 0 rings (SSSR count). The van der Waals surface area contributed by atoms with Gasteiger partial charge in [-0.25, -0.2) is 9.59 Å². The van der Waals surface area contributed by atoms with Gasteiger partial charge in [0, 0.05) is 28.9 Å². The van der Waals surface area contributed by atoms with Crippen molar-refractivity contribution in [2.45, 2.75) is 38.0 Å². The number of carbonyl (C=O) groups is 2. The number of carboxylic acids is 1. The molecule has 0 saturated carbocycles. The van der Waals surface area contributed by atoms with Gasteiger partial charge in [0.25, 0.3) is 0 Å². The molecule has 0 bridgehead atoms. The highest BCUT2D eigenvalue weighted by molar-refractivity contribution is 7.84. The largest absolute Gasteiger partial charge is 0.480 e. The van der Waals surface area contributed by atoms with Crippen LogP contribution in [0, 0.1) is 0 Å². The topological polar surface area (TPSA) is 95.5 Å². The van der Waals surface area contributed by atoms with E-state index in [9.17, 15) is 13.8 Å². The number of amides is 2. The second-order valence-electron chi connectivity index (χ2n) is 3.84. The van der Waals surface area contributed by atoms with Crippen LogP contribution < -0.4 is 10.6 Å². The molecule has 0 aliphatic rings. The minimum atomic E-state index is -1.05. The normalized spacial score (nSPS) is 15.7. The van der Waals surface area contributed by atoms with E-state index in [4.69, 9.17) is 5.11 Å². The minimum absolute atomic E-state index is 0.157. The van der Waals surface area contributed by atoms with Crippen molar-refractivity contribution in [3.8, 4) is 0 Å². The molecule has 17 heavy (non-hydrogen) atoms. The van der Waals surface area contributed by atoms with Crippen molar-refractivity contribution >= 4 is 22.8 Å². The summed E-state index contributed by atoms with van der Waals surface area (Å²) in [6.07, 6.45) is 2.62. The maximum Gasteiger partial charge on any atom is 0.326 e. The Morgan fingerprint density at radius 3 is 2.41 bits per heavy atom. The van der Waals surface area contributed by atoms with Gasteiger partial charge in [-0.2, -0.15) is 0 Å². The maximum absolute atomic E-state index is 11.4. The van der Waals surface area contributed by atoms with Crippen LogP contribution >= 0.6 is 0 Å². The number of aliphatic carboxylic acids is 1. The fourth-order valence-electron chi connectivity index (χ4n) is 1.11. The summed E-state index contributed by atoms with van der Waals surface area (Å²) in [5, 5.41) is 13.5. The van der Waals surface area contributed by atoms with Crippen molar-refractivity contribution in [3.05, 3.63) is 0 Å². The van der Waals surface area contributed by atoms with Gasteiger partial charge in [-0.1, -0.05) is 13.3 Å². The highest BCUT2D eigenvalue weighted by Crippen LogP contribution is 1.96. The van der Waals surface area contributed by atoms with Gasteiger partial charge in [-0.3, -0.25) is 4.21 Å². The first-order valence-electron chi connectivity index (χ1n) is 5.47. The van der Waals surface area contributed by atoms with Crippen molar-refractivity contribution in [1.29, 1.82) is 0 Å². The minimum Gasteiger partial charge on any atom is -0.480 e. The Morgan fingerprint density at radius 2 is 2.00 bits per heavy atom. The standard InChI is InChI=1S/C10H20N2O4S/c1-4-5-8(9(13)14)12-10(15)11-6-7(2)17(3)16/h7-8H,4-6H2,1-3H3,(H,13,14)(H2,11,12,15)/t7?,8-,17?/m0/s1. The fraction of sp³-hybridized carbons (Fsp3) is 0.800. The zero-order valence-electron chi connectivity index (χ0n) is 10.4. The molecule has 0 aromatic heterocycles. The molecule has 2 unspecified atom stereocenters. The highest BCUT2D eigenvalue weighted by atomic mass is 32.2. The van der Waals surface area contributed by atoms with E-state index in [0.29, 0.717) is 12.8 Å². The summed E-state index contributed by atoms with van der Waals surface area (Å²) in [6.45, 7) is 3.85. The molecular weight excluding hydrogens is 244 g/mol. The first-order valence-corrected chi connectivity index (χ1v) is 7.10. The second kappa shape index (κ2) is 8.05. The lowest BCUT2D eigenvalue weighted by Crippen LogP contribution is -2.47. The summed E-state index contributed by atoms with van der Waals surface area (Å²) < 4.78 is 11.0. The molecule has 0 aliphatic heterocycles. The van der Waals surface area contributed by atoms with Crippen LogP contribution in [0.4, 0.5) is 4.79 Å². The number of urea groups is 1. The number of rotatable bonds is 7. The van der Waals surface area contributed by atoms with Crippen LogP contribution in [-0.2, 0) is 15.6 Å². The van der Waals surface area contributed by atoms with Gasteiger partial charge in [-0.15, -0.1) is 0 Å². The maximum atomic E-state index is 11.4. The third-order valence-electron chi connectivity index (χ3n) is 2.30. The summed E-state index contributed by atoms with van der Waals surface area (Å²) in [4.78, 5) is 22.2. The lowest BCUT2D eigenvalue weighted by molar-refractivity contribution is -0.139. The Hall–Kier alpha value is -1.11. The van der Waals surface area contributed by atoms with E-state index in [-0.39, 0.29) is 11.8 Å². The molecule has 7 heteroatoms. The van der Waals surface area contributed by atoms with E-state index in [1.165, 1.54) is 0 Å². The Kier molecular flexibility index (Phi) is 7.53. The molecule has 6 nitrogen and oxygen atoms in total. The quantitative estimate of drug-likeness (QED) is 0.616. The van der Waals surface area contributed by atoms with Crippen molar-refractivity contribution in [1.82, 2.24) is 10.6 Å². The molecule has 2 amide bonds. The molecule has 0 fully saturated rings. The van der Waals surface area contributed by atoms with E-state index >= 15 is 0 Å². The van der Waals surface area contributed by atoms with Crippen molar-refractivity contribution in [2.75, 3.05) is 12.8 Å². The SMILES string of the molecule is CCC[C@H](NC(=O)NCC(C)S(C)=O)C(=O)O. The average Bonchev–Trinajstić information content (AvgIpc) is 2.24. The summed E-state index contributed by atoms with van der Waals surface area (Å²) in [6, 6.07) is -1.41. The van der Waals surface area contributed by atoms with Crippen LogP contribution in [0.3, 0.4) is 0 Å². The number of hydrogen-bond acceptors (Lipinski definition) is 3. The van der Waals surface area contributed by atoms with Crippen LogP contribution in [0.25, 0.3) is 0 Å². The highest BCUT2D eigenvalue weighted by Gasteiger charge is 2.18. The lowest BCUT2D eigenvalue weighted by Gasteiger charge is -2.15. The molecule has 0 radical (unpaired) electrons. The Bertz CT molecular complexity index is 296. The van der Waals surface area contributed by atoms with Crippen LogP contribution in [0.2, 0.25) is 0 Å². The van der Waals surface area contributed by atoms with Crippen molar-refractivity contribution in [2.24, 2.45) is 0 Å². The van der Waals surface area contributed by atoms with Crippen LogP contribution in [-0.4, -0.2) is 45.4 Å². The molecule has 3 N–H and O–H groups in total. The van der Waals surface area contributed by atoms with Crippen molar-refractivity contribution < 1.29 is 18.9 Å². The van der Waals surface area contributed by atoms with E-state index in [2.05, 4.69) is 10.6 Å². The zero-order valence-corrected chi connectivity index (χ0v) is 11.2. The number of nitrogens with one attached hydrogen (secondary N) is 2. The predicted molar refractivity (Wildman–Crippen MR) is 66.4 cm³/mol. The van der Waals surface area contributed by atoms with Gasteiger partial charge in [0.1, 0.15) is 6.04 Å². The number of hydrogen-bond donors (Lipinski definition) is 3. The Labute approximate surface area is 104 Å². The van der Waals surface area contributed by atoms with E-state index in [1.54, 1.807) is 13.2 Å². The third-order valence-corrected chi connectivity index (χ3v) is 3.60. The predicted octanol–water partition coefficient (Wildman–Crippen LogP) is 0.306. The zero-order chi connectivity index (χ0) is 13.4. The molecule has 0 spiro atoms. The number of carboxylic acid groups (broad SMARTS) is 1. The molecule has 0 aliphatic carbocycles. The summed E-state index contributed by atoms with van der Waals surface area (Å²) in [7, 11) is -1.01. The summed E-state index contributed by atoms with van der Waals surface area (Å²) >= 11 is 0.